The van der Waals surface area contributed by atoms with E-state index in [1.807, 2.05) is 49.4 Å². The van der Waals surface area contributed by atoms with E-state index in [4.69, 9.17) is 4.74 Å². The summed E-state index contributed by atoms with van der Waals surface area (Å²) in [7, 11) is 0. The summed E-state index contributed by atoms with van der Waals surface area (Å²) < 4.78 is 22.3. The lowest BCUT2D eigenvalue weighted by atomic mass is 9.99. The number of morpholine rings is 1. The molecule has 3 heterocycles. The third kappa shape index (κ3) is 7.02. The standard InChI is InChI=1S/C36H42FN5O3/c1-2-31(27-10-4-3-5-11-27)38-35(43)34-28-12-6-7-13-29(28)36(44)42(32-15-9-8-14-30(32)37)33(34)26-41-20-18-39(19-21-41)16-17-40-22-24-45-25-23-40/h3-15,31H,2,16-26H2,1H3,(H,38,43)/t31-/m0/s1. The molecule has 8 nitrogen and oxygen atoms in total. The van der Waals surface area contributed by atoms with Gasteiger partial charge in [0.2, 0.25) is 0 Å². The lowest BCUT2D eigenvalue weighted by Crippen LogP contribution is -2.49. The molecule has 3 aromatic carbocycles. The van der Waals surface area contributed by atoms with Gasteiger partial charge in [-0.3, -0.25) is 28.9 Å². The van der Waals surface area contributed by atoms with Crippen molar-refractivity contribution in [3.8, 4) is 5.69 Å². The highest BCUT2D eigenvalue weighted by Gasteiger charge is 2.28. The van der Waals surface area contributed by atoms with Crippen LogP contribution in [0.15, 0.2) is 83.7 Å². The molecule has 2 aliphatic heterocycles. The molecule has 1 aromatic heterocycles. The number of hydrogen-bond acceptors (Lipinski definition) is 6. The predicted molar refractivity (Wildman–Crippen MR) is 175 cm³/mol. The Morgan fingerprint density at radius 1 is 0.800 bits per heavy atom. The van der Waals surface area contributed by atoms with E-state index in [0.717, 1.165) is 71.1 Å². The zero-order chi connectivity index (χ0) is 31.2. The maximum atomic E-state index is 15.4. The first-order chi connectivity index (χ1) is 22.0. The first-order valence-corrected chi connectivity index (χ1v) is 16.1. The van der Waals surface area contributed by atoms with Gasteiger partial charge in [0, 0.05) is 69.7 Å². The zero-order valence-corrected chi connectivity index (χ0v) is 26.0. The number of nitrogens with zero attached hydrogens (tertiary/aromatic N) is 4. The largest absolute Gasteiger partial charge is 0.379 e. The normalized spacial score (nSPS) is 17.4. The van der Waals surface area contributed by atoms with Crippen LogP contribution in [-0.2, 0) is 11.3 Å². The summed E-state index contributed by atoms with van der Waals surface area (Å²) in [6.45, 7) is 11.3. The van der Waals surface area contributed by atoms with Crippen LogP contribution >= 0.6 is 0 Å². The lowest BCUT2D eigenvalue weighted by molar-refractivity contribution is 0.0296. The fraction of sp³-hybridized carbons (Fsp3) is 0.389. The molecule has 1 amide bonds. The highest BCUT2D eigenvalue weighted by molar-refractivity contribution is 6.08. The molecule has 0 saturated carbocycles. The van der Waals surface area contributed by atoms with E-state index in [9.17, 15) is 9.59 Å². The Bertz CT molecular complexity index is 1660. The molecule has 2 fully saturated rings. The molecular formula is C36H42FN5O3. The van der Waals surface area contributed by atoms with Gasteiger partial charge in [0.05, 0.1) is 36.2 Å². The topological polar surface area (TPSA) is 70.1 Å². The van der Waals surface area contributed by atoms with Crippen molar-refractivity contribution in [1.29, 1.82) is 0 Å². The minimum absolute atomic E-state index is 0.150. The number of nitrogens with one attached hydrogen (secondary N) is 1. The van der Waals surface area contributed by atoms with Crippen molar-refractivity contribution in [3.05, 3.63) is 112 Å². The van der Waals surface area contributed by atoms with Crippen LogP contribution in [0.5, 0.6) is 0 Å². The van der Waals surface area contributed by atoms with Crippen LogP contribution < -0.4 is 10.9 Å². The van der Waals surface area contributed by atoms with Gasteiger partial charge in [-0.05, 0) is 30.2 Å². The van der Waals surface area contributed by atoms with Crippen LogP contribution in [0.3, 0.4) is 0 Å². The van der Waals surface area contributed by atoms with Crippen LogP contribution in [-0.4, -0.2) is 90.7 Å². The van der Waals surface area contributed by atoms with Gasteiger partial charge in [0.25, 0.3) is 11.5 Å². The van der Waals surface area contributed by atoms with Gasteiger partial charge in [-0.15, -0.1) is 0 Å². The van der Waals surface area contributed by atoms with E-state index < -0.39 is 5.82 Å². The molecule has 1 N–H and O–H groups in total. The number of pyridine rings is 1. The molecule has 4 aromatic rings. The molecule has 45 heavy (non-hydrogen) atoms. The van der Waals surface area contributed by atoms with Gasteiger partial charge in [0.15, 0.2) is 0 Å². The molecule has 2 aliphatic rings. The molecule has 1 atom stereocenters. The first-order valence-electron chi connectivity index (χ1n) is 16.1. The lowest BCUT2D eigenvalue weighted by Gasteiger charge is -2.37. The highest BCUT2D eigenvalue weighted by Crippen LogP contribution is 2.27. The monoisotopic (exact) mass is 611 g/mol. The van der Waals surface area contributed by atoms with Crippen LogP contribution in [0, 0.1) is 5.82 Å². The van der Waals surface area contributed by atoms with E-state index in [1.54, 1.807) is 30.3 Å². The first kappa shape index (κ1) is 31.1. The Morgan fingerprint density at radius 2 is 1.40 bits per heavy atom. The van der Waals surface area contributed by atoms with Gasteiger partial charge < -0.3 is 10.1 Å². The van der Waals surface area contributed by atoms with Crippen molar-refractivity contribution < 1.29 is 13.9 Å². The zero-order valence-electron chi connectivity index (χ0n) is 26.0. The summed E-state index contributed by atoms with van der Waals surface area (Å²) >= 11 is 0. The average Bonchev–Trinajstić information content (AvgIpc) is 3.08. The molecule has 0 unspecified atom stereocenters. The number of ether oxygens (including phenoxy) is 1. The Balaban J connectivity index is 1.35. The third-order valence-electron chi connectivity index (χ3n) is 9.10. The number of para-hydroxylation sites is 1. The number of halogens is 1. The molecule has 2 saturated heterocycles. The van der Waals surface area contributed by atoms with Crippen LogP contribution in [0.1, 0.15) is 41.0 Å². The van der Waals surface area contributed by atoms with Crippen molar-refractivity contribution in [2.45, 2.75) is 25.9 Å². The minimum Gasteiger partial charge on any atom is -0.379 e. The molecule has 0 bridgehead atoms. The van der Waals surface area contributed by atoms with Crippen LogP contribution in [0.4, 0.5) is 4.39 Å². The van der Waals surface area contributed by atoms with Gasteiger partial charge in [-0.1, -0.05) is 67.6 Å². The summed E-state index contributed by atoms with van der Waals surface area (Å²) in [5.41, 5.74) is 1.75. The number of rotatable bonds is 10. The number of hydrogen-bond donors (Lipinski definition) is 1. The summed E-state index contributed by atoms with van der Waals surface area (Å²) in [4.78, 5) is 35.7. The van der Waals surface area contributed by atoms with E-state index in [-0.39, 0.29) is 23.2 Å². The van der Waals surface area contributed by atoms with Crippen molar-refractivity contribution >= 4 is 16.7 Å². The summed E-state index contributed by atoms with van der Waals surface area (Å²) in [6, 6.07) is 23.2. The molecule has 6 rings (SSSR count). The number of fused-ring (bicyclic) bond motifs is 1. The van der Waals surface area contributed by atoms with Crippen molar-refractivity contribution in [2.75, 3.05) is 65.6 Å². The van der Waals surface area contributed by atoms with Gasteiger partial charge in [-0.25, -0.2) is 4.39 Å². The van der Waals surface area contributed by atoms with E-state index >= 15 is 4.39 Å². The van der Waals surface area contributed by atoms with E-state index in [2.05, 4.69) is 20.0 Å². The Morgan fingerprint density at radius 3 is 2.09 bits per heavy atom. The summed E-state index contributed by atoms with van der Waals surface area (Å²) in [5.74, 6) is -0.780. The number of amides is 1. The minimum atomic E-state index is -0.508. The number of aromatic nitrogens is 1. The maximum absolute atomic E-state index is 15.4. The second-order valence-electron chi connectivity index (χ2n) is 11.9. The Labute approximate surface area is 264 Å². The fourth-order valence-electron chi connectivity index (χ4n) is 6.52. The quantitative estimate of drug-likeness (QED) is 0.286. The molecule has 0 radical (unpaired) electrons. The van der Waals surface area contributed by atoms with Crippen LogP contribution in [0.25, 0.3) is 16.5 Å². The van der Waals surface area contributed by atoms with E-state index in [1.165, 1.54) is 10.6 Å². The van der Waals surface area contributed by atoms with Gasteiger partial charge >= 0.3 is 0 Å². The second kappa shape index (κ2) is 14.5. The molecular weight excluding hydrogens is 569 g/mol. The second-order valence-corrected chi connectivity index (χ2v) is 11.9. The molecule has 0 aliphatic carbocycles. The Hall–Kier alpha value is -3.89. The van der Waals surface area contributed by atoms with Crippen molar-refractivity contribution in [1.82, 2.24) is 24.6 Å². The maximum Gasteiger partial charge on any atom is 0.263 e. The van der Waals surface area contributed by atoms with Gasteiger partial charge in [0.1, 0.15) is 5.82 Å². The average molecular weight is 612 g/mol. The highest BCUT2D eigenvalue weighted by atomic mass is 19.1. The SMILES string of the molecule is CC[C@H](NC(=O)c1c(CN2CCN(CCN3CCOCC3)CC2)n(-c2ccccc2F)c(=O)c2ccccc12)c1ccccc1. The number of carbonyl (C=O) groups excluding carboxylic acids is 1. The van der Waals surface area contributed by atoms with Crippen molar-refractivity contribution in [2.24, 2.45) is 0 Å². The Kier molecular flexibility index (Phi) is 10.0. The third-order valence-corrected chi connectivity index (χ3v) is 9.10. The molecule has 0 spiro atoms. The molecule has 236 valence electrons. The number of benzene rings is 3. The smallest absolute Gasteiger partial charge is 0.263 e. The summed E-state index contributed by atoms with van der Waals surface area (Å²) in [6.07, 6.45) is 0.697. The summed E-state index contributed by atoms with van der Waals surface area (Å²) in [5, 5.41) is 4.21. The number of carbonyl (C=O) groups is 1. The molecule has 9 heteroatoms. The predicted octanol–water partition coefficient (Wildman–Crippen LogP) is 4.46. The fourth-order valence-corrected chi connectivity index (χ4v) is 6.52. The van der Waals surface area contributed by atoms with Gasteiger partial charge in [-0.2, -0.15) is 0 Å². The van der Waals surface area contributed by atoms with Crippen LogP contribution in [0.2, 0.25) is 0 Å². The van der Waals surface area contributed by atoms with Crippen molar-refractivity contribution in [3.63, 3.8) is 0 Å². The number of piperazine rings is 1. The van der Waals surface area contributed by atoms with E-state index in [0.29, 0.717) is 35.0 Å².